The van der Waals surface area contributed by atoms with E-state index in [1.165, 1.54) is 29.6 Å². The first-order valence-electron chi connectivity index (χ1n) is 10.0. The molecule has 1 aromatic carbocycles. The lowest BCUT2D eigenvalue weighted by Gasteiger charge is -2.31. The molecular formula is C21H31FIN5S. The summed E-state index contributed by atoms with van der Waals surface area (Å²) in [6, 6.07) is 6.82. The maximum atomic E-state index is 13.7. The van der Waals surface area contributed by atoms with E-state index >= 15 is 0 Å². The highest BCUT2D eigenvalue weighted by Gasteiger charge is 2.20. The fourth-order valence-electron chi connectivity index (χ4n) is 3.44. The summed E-state index contributed by atoms with van der Waals surface area (Å²) in [5.41, 5.74) is 1.85. The van der Waals surface area contributed by atoms with Crippen LogP contribution in [0.3, 0.4) is 0 Å². The molecule has 3 rings (SSSR count). The molecule has 0 saturated carbocycles. The molecule has 0 atom stereocenters. The van der Waals surface area contributed by atoms with Gasteiger partial charge in [-0.25, -0.2) is 9.37 Å². The largest absolute Gasteiger partial charge is 0.356 e. The SMILES string of the molecule is CCc1nc(CN2CCC(CNC(=NC)NCc3ccccc3F)CC2)cs1.I. The summed E-state index contributed by atoms with van der Waals surface area (Å²) < 4.78 is 13.7. The minimum absolute atomic E-state index is 0. The van der Waals surface area contributed by atoms with E-state index in [1.54, 1.807) is 30.5 Å². The van der Waals surface area contributed by atoms with Crippen LogP contribution in [0.1, 0.15) is 36.0 Å². The van der Waals surface area contributed by atoms with Crippen molar-refractivity contribution in [1.82, 2.24) is 20.5 Å². The lowest BCUT2D eigenvalue weighted by atomic mass is 9.97. The van der Waals surface area contributed by atoms with Gasteiger partial charge in [0.05, 0.1) is 10.7 Å². The molecule has 0 bridgehead atoms. The van der Waals surface area contributed by atoms with Crippen molar-refractivity contribution in [3.63, 3.8) is 0 Å². The maximum absolute atomic E-state index is 13.7. The van der Waals surface area contributed by atoms with E-state index in [1.807, 2.05) is 6.07 Å². The number of likely N-dealkylation sites (tertiary alicyclic amines) is 1. The van der Waals surface area contributed by atoms with Crippen LogP contribution in [0.5, 0.6) is 0 Å². The second-order valence-electron chi connectivity index (χ2n) is 7.20. The Kier molecular flexibility index (Phi) is 10.3. The Balaban J connectivity index is 0.00000300. The van der Waals surface area contributed by atoms with Crippen LogP contribution in [-0.4, -0.2) is 42.5 Å². The van der Waals surface area contributed by atoms with Crippen molar-refractivity contribution >= 4 is 41.3 Å². The molecule has 2 N–H and O–H groups in total. The number of rotatable bonds is 7. The normalized spacial score (nSPS) is 15.8. The van der Waals surface area contributed by atoms with E-state index in [0.717, 1.165) is 38.6 Å². The molecule has 160 valence electrons. The van der Waals surface area contributed by atoms with Gasteiger partial charge in [0, 0.05) is 37.6 Å². The van der Waals surface area contributed by atoms with Crippen molar-refractivity contribution in [3.05, 3.63) is 51.7 Å². The highest BCUT2D eigenvalue weighted by atomic mass is 127. The molecule has 0 radical (unpaired) electrons. The van der Waals surface area contributed by atoms with E-state index in [0.29, 0.717) is 18.0 Å². The number of aromatic nitrogens is 1. The summed E-state index contributed by atoms with van der Waals surface area (Å²) in [4.78, 5) is 11.4. The number of hydrogen-bond donors (Lipinski definition) is 2. The zero-order valence-electron chi connectivity index (χ0n) is 17.2. The van der Waals surface area contributed by atoms with Crippen LogP contribution in [0.25, 0.3) is 0 Å². The van der Waals surface area contributed by atoms with Gasteiger partial charge in [-0.15, -0.1) is 35.3 Å². The van der Waals surface area contributed by atoms with Gasteiger partial charge >= 0.3 is 0 Å². The van der Waals surface area contributed by atoms with Gasteiger partial charge < -0.3 is 10.6 Å². The predicted molar refractivity (Wildman–Crippen MR) is 130 cm³/mol. The lowest BCUT2D eigenvalue weighted by Crippen LogP contribution is -2.42. The van der Waals surface area contributed by atoms with Gasteiger partial charge in [0.2, 0.25) is 0 Å². The summed E-state index contributed by atoms with van der Waals surface area (Å²) in [6.45, 7) is 6.64. The Morgan fingerprint density at radius 2 is 2.03 bits per heavy atom. The van der Waals surface area contributed by atoms with Gasteiger partial charge in [0.1, 0.15) is 5.82 Å². The van der Waals surface area contributed by atoms with Crippen LogP contribution in [0, 0.1) is 11.7 Å². The number of guanidine groups is 1. The highest BCUT2D eigenvalue weighted by molar-refractivity contribution is 14.0. The Morgan fingerprint density at radius 3 is 2.69 bits per heavy atom. The minimum atomic E-state index is -0.191. The Hall–Kier alpha value is -1.26. The number of piperidine rings is 1. The third kappa shape index (κ3) is 7.49. The molecule has 2 aromatic rings. The molecule has 2 heterocycles. The van der Waals surface area contributed by atoms with Gasteiger partial charge in [-0.1, -0.05) is 25.1 Å². The summed E-state index contributed by atoms with van der Waals surface area (Å²) in [6.07, 6.45) is 3.36. The standard InChI is InChI=1S/C21H30FN5S.HI/c1-3-20-26-18(15-28-20)14-27-10-8-16(9-11-27)12-24-21(23-2)25-13-17-6-4-5-7-19(17)22;/h4-7,15-16H,3,8-14H2,1-2H3,(H2,23,24,25);1H. The molecule has 1 saturated heterocycles. The van der Waals surface area contributed by atoms with Gasteiger partial charge in [0.15, 0.2) is 5.96 Å². The monoisotopic (exact) mass is 531 g/mol. The van der Waals surface area contributed by atoms with Crippen LogP contribution in [0.15, 0.2) is 34.6 Å². The maximum Gasteiger partial charge on any atom is 0.191 e. The Bertz CT molecular complexity index is 774. The van der Waals surface area contributed by atoms with E-state index in [9.17, 15) is 4.39 Å². The smallest absolute Gasteiger partial charge is 0.191 e. The molecule has 29 heavy (non-hydrogen) atoms. The van der Waals surface area contributed by atoms with E-state index in [4.69, 9.17) is 0 Å². The van der Waals surface area contributed by atoms with Gasteiger partial charge in [0.25, 0.3) is 0 Å². The topological polar surface area (TPSA) is 52.6 Å². The molecule has 8 heteroatoms. The van der Waals surface area contributed by atoms with Crippen molar-refractivity contribution < 1.29 is 4.39 Å². The van der Waals surface area contributed by atoms with Crippen LogP contribution in [0.2, 0.25) is 0 Å². The highest BCUT2D eigenvalue weighted by Crippen LogP contribution is 2.19. The molecule has 1 fully saturated rings. The fourth-order valence-corrected chi connectivity index (χ4v) is 4.18. The number of nitrogens with one attached hydrogen (secondary N) is 2. The molecule has 0 aliphatic carbocycles. The summed E-state index contributed by atoms with van der Waals surface area (Å²) in [5.74, 6) is 1.16. The molecule has 0 unspecified atom stereocenters. The first-order valence-corrected chi connectivity index (χ1v) is 10.9. The van der Waals surface area contributed by atoms with Crippen molar-refractivity contribution in [3.8, 4) is 0 Å². The molecule has 1 aromatic heterocycles. The Labute approximate surface area is 194 Å². The van der Waals surface area contributed by atoms with Gasteiger partial charge in [-0.3, -0.25) is 9.89 Å². The average Bonchev–Trinajstić information content (AvgIpc) is 3.18. The minimum Gasteiger partial charge on any atom is -0.356 e. The van der Waals surface area contributed by atoms with Crippen LogP contribution < -0.4 is 10.6 Å². The quantitative estimate of drug-likeness (QED) is 0.322. The average molecular weight is 531 g/mol. The first kappa shape index (κ1) is 24.0. The second-order valence-corrected chi connectivity index (χ2v) is 8.15. The number of aliphatic imine (C=N–C) groups is 1. The molecule has 0 amide bonds. The van der Waals surface area contributed by atoms with Crippen LogP contribution in [0.4, 0.5) is 4.39 Å². The van der Waals surface area contributed by atoms with Gasteiger partial charge in [-0.2, -0.15) is 0 Å². The van der Waals surface area contributed by atoms with Gasteiger partial charge in [-0.05, 0) is 44.3 Å². The fraction of sp³-hybridized carbons (Fsp3) is 0.524. The zero-order chi connectivity index (χ0) is 19.8. The molecule has 1 aliphatic rings. The zero-order valence-corrected chi connectivity index (χ0v) is 20.3. The predicted octanol–water partition coefficient (Wildman–Crippen LogP) is 4.04. The number of hydrogen-bond acceptors (Lipinski definition) is 4. The molecular weight excluding hydrogens is 500 g/mol. The summed E-state index contributed by atoms with van der Waals surface area (Å²) in [7, 11) is 1.75. The van der Waals surface area contributed by atoms with Crippen molar-refractivity contribution in [2.45, 2.75) is 39.3 Å². The number of thiazole rings is 1. The number of aryl methyl sites for hydroxylation is 1. The van der Waals surface area contributed by atoms with E-state index in [2.05, 4.69) is 37.8 Å². The van der Waals surface area contributed by atoms with E-state index < -0.39 is 0 Å². The first-order chi connectivity index (χ1) is 13.7. The Morgan fingerprint density at radius 1 is 1.28 bits per heavy atom. The lowest BCUT2D eigenvalue weighted by molar-refractivity contribution is 0.176. The number of nitrogens with zero attached hydrogens (tertiary/aromatic N) is 3. The number of halogens is 2. The third-order valence-corrected chi connectivity index (χ3v) is 6.22. The second kappa shape index (κ2) is 12.4. The molecule has 0 spiro atoms. The number of benzene rings is 1. The summed E-state index contributed by atoms with van der Waals surface area (Å²) >= 11 is 1.76. The molecule has 1 aliphatic heterocycles. The van der Waals surface area contributed by atoms with Crippen molar-refractivity contribution in [2.24, 2.45) is 10.9 Å². The van der Waals surface area contributed by atoms with E-state index in [-0.39, 0.29) is 29.8 Å². The van der Waals surface area contributed by atoms with Crippen molar-refractivity contribution in [2.75, 3.05) is 26.7 Å². The molecule has 5 nitrogen and oxygen atoms in total. The summed E-state index contributed by atoms with van der Waals surface area (Å²) in [5, 5.41) is 10.0. The van der Waals surface area contributed by atoms with Crippen LogP contribution >= 0.6 is 35.3 Å². The van der Waals surface area contributed by atoms with Crippen molar-refractivity contribution in [1.29, 1.82) is 0 Å². The van der Waals surface area contributed by atoms with Crippen LogP contribution in [-0.2, 0) is 19.5 Å². The third-order valence-electron chi connectivity index (χ3n) is 5.18.